The Morgan fingerprint density at radius 2 is 2.37 bits per heavy atom. The van der Waals surface area contributed by atoms with Crippen LogP contribution in [0, 0.1) is 5.92 Å². The second-order valence-corrected chi connectivity index (χ2v) is 5.78. The lowest BCUT2D eigenvalue weighted by Gasteiger charge is -2.17. The molecule has 1 aromatic rings. The molecule has 1 aliphatic heterocycles. The molecule has 19 heavy (non-hydrogen) atoms. The van der Waals surface area contributed by atoms with E-state index in [1.54, 1.807) is 7.11 Å². The molecule has 0 unspecified atom stereocenters. The second-order valence-electron chi connectivity index (χ2n) is 4.86. The lowest BCUT2D eigenvalue weighted by Crippen LogP contribution is -2.31. The first-order valence-corrected chi connectivity index (χ1v) is 7.23. The highest BCUT2D eigenvalue weighted by atomic mass is 79.9. The van der Waals surface area contributed by atoms with Crippen LogP contribution in [0.2, 0.25) is 0 Å². The van der Waals surface area contributed by atoms with Crippen LogP contribution in [0.1, 0.15) is 12.0 Å². The fourth-order valence-electron chi connectivity index (χ4n) is 2.41. The molecule has 1 atom stereocenters. The monoisotopic (exact) mass is 326 g/mol. The Hall–Kier alpha value is -1.07. The van der Waals surface area contributed by atoms with Crippen LogP contribution in [-0.2, 0) is 11.2 Å². The third-order valence-corrected chi connectivity index (χ3v) is 4.05. The molecular weight excluding hydrogens is 308 g/mol. The summed E-state index contributed by atoms with van der Waals surface area (Å²) in [5.41, 5.74) is 6.56. The number of likely N-dealkylation sites (tertiary alicyclic amines) is 1. The van der Waals surface area contributed by atoms with Gasteiger partial charge in [-0.3, -0.25) is 4.79 Å². The number of carbonyl (C=O) groups is 1. The molecule has 1 saturated heterocycles. The molecule has 0 saturated carbocycles. The Morgan fingerprint density at radius 1 is 1.58 bits per heavy atom. The number of hydrogen-bond donors (Lipinski definition) is 1. The normalized spacial score (nSPS) is 18.7. The largest absolute Gasteiger partial charge is 0.496 e. The Labute approximate surface area is 122 Å². The highest BCUT2D eigenvalue weighted by Gasteiger charge is 2.25. The maximum atomic E-state index is 12.3. The standard InChI is InChI=1S/C14H19BrN2O2/c1-19-13-3-2-12(15)6-11(13)7-14(18)17-5-4-10(8-16)9-17/h2-3,6,10H,4-5,7-9,16H2,1H3/t10-/m0/s1. The summed E-state index contributed by atoms with van der Waals surface area (Å²) in [7, 11) is 1.62. The number of amides is 1. The van der Waals surface area contributed by atoms with Crippen molar-refractivity contribution in [2.75, 3.05) is 26.7 Å². The van der Waals surface area contributed by atoms with Gasteiger partial charge in [-0.2, -0.15) is 0 Å². The molecule has 1 fully saturated rings. The van der Waals surface area contributed by atoms with Gasteiger partial charge in [0.2, 0.25) is 5.91 Å². The summed E-state index contributed by atoms with van der Waals surface area (Å²) in [6.07, 6.45) is 1.39. The first-order chi connectivity index (χ1) is 9.13. The van der Waals surface area contributed by atoms with Crippen LogP contribution in [0.3, 0.4) is 0 Å². The van der Waals surface area contributed by atoms with Crippen molar-refractivity contribution in [3.05, 3.63) is 28.2 Å². The van der Waals surface area contributed by atoms with Crippen molar-refractivity contribution in [3.63, 3.8) is 0 Å². The van der Waals surface area contributed by atoms with Crippen molar-refractivity contribution in [2.45, 2.75) is 12.8 Å². The molecule has 0 radical (unpaired) electrons. The van der Waals surface area contributed by atoms with Crippen molar-refractivity contribution in [1.29, 1.82) is 0 Å². The quantitative estimate of drug-likeness (QED) is 0.918. The average molecular weight is 327 g/mol. The first kappa shape index (κ1) is 14.3. The van der Waals surface area contributed by atoms with Crippen LogP contribution < -0.4 is 10.5 Å². The van der Waals surface area contributed by atoms with Crippen molar-refractivity contribution in [1.82, 2.24) is 4.90 Å². The zero-order valence-corrected chi connectivity index (χ0v) is 12.6. The fourth-order valence-corrected chi connectivity index (χ4v) is 2.82. The number of ether oxygens (including phenoxy) is 1. The summed E-state index contributed by atoms with van der Waals surface area (Å²) in [4.78, 5) is 14.2. The Morgan fingerprint density at radius 3 is 3.00 bits per heavy atom. The highest BCUT2D eigenvalue weighted by molar-refractivity contribution is 9.10. The minimum Gasteiger partial charge on any atom is -0.496 e. The summed E-state index contributed by atoms with van der Waals surface area (Å²) in [6.45, 7) is 2.26. The van der Waals surface area contributed by atoms with E-state index in [9.17, 15) is 4.79 Å². The van der Waals surface area contributed by atoms with Gasteiger partial charge < -0.3 is 15.4 Å². The smallest absolute Gasteiger partial charge is 0.227 e. The van der Waals surface area contributed by atoms with Crippen LogP contribution >= 0.6 is 15.9 Å². The minimum atomic E-state index is 0.146. The van der Waals surface area contributed by atoms with Gasteiger partial charge in [-0.25, -0.2) is 0 Å². The van der Waals surface area contributed by atoms with Crippen LogP contribution in [0.5, 0.6) is 5.75 Å². The minimum absolute atomic E-state index is 0.146. The van der Waals surface area contributed by atoms with Crippen molar-refractivity contribution >= 4 is 21.8 Å². The van der Waals surface area contributed by atoms with E-state index in [2.05, 4.69) is 15.9 Å². The van der Waals surface area contributed by atoms with Gasteiger partial charge in [0.25, 0.3) is 0 Å². The lowest BCUT2D eigenvalue weighted by molar-refractivity contribution is -0.129. The van der Waals surface area contributed by atoms with E-state index in [4.69, 9.17) is 10.5 Å². The van der Waals surface area contributed by atoms with Crippen LogP contribution in [-0.4, -0.2) is 37.6 Å². The van der Waals surface area contributed by atoms with Gasteiger partial charge >= 0.3 is 0 Å². The van der Waals surface area contributed by atoms with E-state index in [-0.39, 0.29) is 5.91 Å². The predicted molar refractivity (Wildman–Crippen MR) is 78.1 cm³/mol. The molecule has 104 valence electrons. The Kier molecular flexibility index (Phi) is 4.82. The molecule has 0 aromatic heterocycles. The van der Waals surface area contributed by atoms with Gasteiger partial charge in [-0.15, -0.1) is 0 Å². The molecule has 1 aromatic carbocycles. The van der Waals surface area contributed by atoms with Gasteiger partial charge in [-0.05, 0) is 37.1 Å². The zero-order valence-electron chi connectivity index (χ0n) is 11.1. The van der Waals surface area contributed by atoms with Gasteiger partial charge in [-0.1, -0.05) is 15.9 Å². The summed E-state index contributed by atoms with van der Waals surface area (Å²) >= 11 is 3.42. The van der Waals surface area contributed by atoms with Gasteiger partial charge in [0.1, 0.15) is 5.75 Å². The molecule has 0 aliphatic carbocycles. The maximum absolute atomic E-state index is 12.3. The first-order valence-electron chi connectivity index (χ1n) is 6.44. The van der Waals surface area contributed by atoms with Crippen molar-refractivity contribution < 1.29 is 9.53 Å². The maximum Gasteiger partial charge on any atom is 0.227 e. The van der Waals surface area contributed by atoms with E-state index in [1.807, 2.05) is 23.1 Å². The third kappa shape index (κ3) is 3.48. The van der Waals surface area contributed by atoms with Gasteiger partial charge in [0.15, 0.2) is 0 Å². The molecule has 4 nitrogen and oxygen atoms in total. The molecule has 2 rings (SSSR count). The zero-order chi connectivity index (χ0) is 13.8. The van der Waals surface area contributed by atoms with Crippen LogP contribution in [0.25, 0.3) is 0 Å². The summed E-state index contributed by atoms with van der Waals surface area (Å²) in [6, 6.07) is 5.72. The number of nitrogens with two attached hydrogens (primary N) is 1. The fraction of sp³-hybridized carbons (Fsp3) is 0.500. The van der Waals surface area contributed by atoms with Crippen LogP contribution in [0.15, 0.2) is 22.7 Å². The van der Waals surface area contributed by atoms with E-state index in [0.29, 0.717) is 18.9 Å². The number of methoxy groups -OCH3 is 1. The Bertz CT molecular complexity index is 465. The van der Waals surface area contributed by atoms with Crippen molar-refractivity contribution in [3.8, 4) is 5.75 Å². The summed E-state index contributed by atoms with van der Waals surface area (Å²) < 4.78 is 6.25. The molecule has 0 bridgehead atoms. The summed E-state index contributed by atoms with van der Waals surface area (Å²) in [5, 5.41) is 0. The summed E-state index contributed by atoms with van der Waals surface area (Å²) in [5.74, 6) is 1.35. The number of rotatable bonds is 4. The number of hydrogen-bond acceptors (Lipinski definition) is 3. The van der Waals surface area contributed by atoms with Crippen molar-refractivity contribution in [2.24, 2.45) is 11.7 Å². The molecule has 0 spiro atoms. The SMILES string of the molecule is COc1ccc(Br)cc1CC(=O)N1CC[C@@H](CN)C1. The van der Waals surface area contributed by atoms with E-state index >= 15 is 0 Å². The third-order valence-electron chi connectivity index (χ3n) is 3.56. The molecule has 1 heterocycles. The molecule has 1 amide bonds. The number of halogens is 1. The Balaban J connectivity index is 2.05. The number of benzene rings is 1. The van der Waals surface area contributed by atoms with E-state index in [1.165, 1.54) is 0 Å². The molecule has 5 heteroatoms. The topological polar surface area (TPSA) is 55.6 Å². The molecular formula is C14H19BrN2O2. The van der Waals surface area contributed by atoms with E-state index < -0.39 is 0 Å². The molecule has 1 aliphatic rings. The molecule has 2 N–H and O–H groups in total. The highest BCUT2D eigenvalue weighted by Crippen LogP contribution is 2.25. The van der Waals surface area contributed by atoms with E-state index in [0.717, 1.165) is 35.3 Å². The second kappa shape index (κ2) is 6.39. The van der Waals surface area contributed by atoms with Gasteiger partial charge in [0, 0.05) is 23.1 Å². The average Bonchev–Trinajstić information content (AvgIpc) is 2.88. The predicted octanol–water partition coefficient (Wildman–Crippen LogP) is 1.81. The van der Waals surface area contributed by atoms with Crippen LogP contribution in [0.4, 0.5) is 0 Å². The lowest BCUT2D eigenvalue weighted by atomic mass is 10.1. The number of nitrogens with zero attached hydrogens (tertiary/aromatic N) is 1. The number of carbonyl (C=O) groups excluding carboxylic acids is 1. The van der Waals surface area contributed by atoms with Gasteiger partial charge in [0.05, 0.1) is 13.5 Å².